The predicted molar refractivity (Wildman–Crippen MR) is 84.8 cm³/mol. The highest BCUT2D eigenvalue weighted by molar-refractivity contribution is 9.10. The Morgan fingerprint density at radius 3 is 2.70 bits per heavy atom. The summed E-state index contributed by atoms with van der Waals surface area (Å²) in [7, 11) is -3.54. The molecule has 1 aliphatic rings. The molecule has 0 radical (unpaired) electrons. The van der Waals surface area contributed by atoms with Crippen molar-refractivity contribution in [3.05, 3.63) is 22.7 Å². The minimum absolute atomic E-state index is 0.0123. The van der Waals surface area contributed by atoms with Gasteiger partial charge in [0.1, 0.15) is 0 Å². The van der Waals surface area contributed by atoms with E-state index in [1.807, 2.05) is 0 Å². The first-order chi connectivity index (χ1) is 9.35. The number of halogens is 1. The Balaban J connectivity index is 2.22. The maximum atomic E-state index is 12.5. The smallest absolute Gasteiger partial charge is 0.242 e. The van der Waals surface area contributed by atoms with Gasteiger partial charge in [0.15, 0.2) is 0 Å². The third-order valence-corrected chi connectivity index (χ3v) is 6.79. The van der Waals surface area contributed by atoms with Crippen LogP contribution < -0.4 is 10.5 Å². The molecule has 0 saturated heterocycles. The van der Waals surface area contributed by atoms with Crippen LogP contribution in [0.5, 0.6) is 0 Å². The largest absolute Gasteiger partial charge is 0.399 e. The van der Waals surface area contributed by atoms with Crippen LogP contribution in [0.3, 0.4) is 0 Å². The molecule has 0 aromatic heterocycles. The van der Waals surface area contributed by atoms with Crippen molar-refractivity contribution < 1.29 is 8.42 Å². The molecule has 0 spiro atoms. The first kappa shape index (κ1) is 15.8. The van der Waals surface area contributed by atoms with Crippen molar-refractivity contribution in [2.45, 2.75) is 44.0 Å². The number of hydrogen-bond donors (Lipinski definition) is 2. The van der Waals surface area contributed by atoms with Crippen molar-refractivity contribution in [1.29, 1.82) is 0 Å². The maximum Gasteiger partial charge on any atom is 0.242 e. The average Bonchev–Trinajstić information content (AvgIpc) is 2.73. The Labute approximate surface area is 129 Å². The highest BCUT2D eigenvalue weighted by atomic mass is 79.9. The molecule has 2 rings (SSSR count). The van der Waals surface area contributed by atoms with Gasteiger partial charge in [0.2, 0.25) is 10.0 Å². The summed E-state index contributed by atoms with van der Waals surface area (Å²) >= 11 is 3.28. The topological polar surface area (TPSA) is 72.2 Å². The summed E-state index contributed by atoms with van der Waals surface area (Å²) in [4.78, 5) is 0.213. The SMILES string of the molecule is CCC1CCC(NS(=O)(=O)c2cc(N)ccc2Br)C1C. The van der Waals surface area contributed by atoms with Gasteiger partial charge in [0.25, 0.3) is 0 Å². The zero-order valence-electron chi connectivity index (χ0n) is 11.8. The second kappa shape index (κ2) is 6.03. The Kier molecular flexibility index (Phi) is 4.76. The quantitative estimate of drug-likeness (QED) is 0.810. The van der Waals surface area contributed by atoms with Crippen LogP contribution in [0.25, 0.3) is 0 Å². The third kappa shape index (κ3) is 3.18. The molecule has 0 bridgehead atoms. The lowest BCUT2D eigenvalue weighted by Crippen LogP contribution is -2.37. The molecular formula is C14H21BrN2O2S. The number of hydrogen-bond acceptors (Lipinski definition) is 3. The maximum absolute atomic E-state index is 12.5. The Morgan fingerprint density at radius 2 is 2.10 bits per heavy atom. The first-order valence-electron chi connectivity index (χ1n) is 6.92. The lowest BCUT2D eigenvalue weighted by molar-refractivity contribution is 0.368. The van der Waals surface area contributed by atoms with E-state index in [4.69, 9.17) is 5.73 Å². The fourth-order valence-corrected chi connectivity index (χ4v) is 5.34. The molecule has 1 fully saturated rings. The summed E-state index contributed by atoms with van der Waals surface area (Å²) in [5.74, 6) is 0.974. The normalized spacial score (nSPS) is 26.9. The van der Waals surface area contributed by atoms with Crippen molar-refractivity contribution in [2.75, 3.05) is 5.73 Å². The van der Waals surface area contributed by atoms with E-state index in [0.29, 0.717) is 22.0 Å². The van der Waals surface area contributed by atoms with Crippen LogP contribution in [-0.4, -0.2) is 14.5 Å². The molecule has 1 saturated carbocycles. The Hall–Kier alpha value is -0.590. The molecule has 3 atom stereocenters. The molecule has 20 heavy (non-hydrogen) atoms. The van der Waals surface area contributed by atoms with Crippen LogP contribution in [0, 0.1) is 11.8 Å². The summed E-state index contributed by atoms with van der Waals surface area (Å²) in [6.07, 6.45) is 3.09. The van der Waals surface area contributed by atoms with Gasteiger partial charge in [-0.1, -0.05) is 20.3 Å². The van der Waals surface area contributed by atoms with E-state index in [-0.39, 0.29) is 10.9 Å². The first-order valence-corrected chi connectivity index (χ1v) is 9.20. The lowest BCUT2D eigenvalue weighted by Gasteiger charge is -2.21. The van der Waals surface area contributed by atoms with E-state index in [2.05, 4.69) is 34.5 Å². The Morgan fingerprint density at radius 1 is 1.40 bits per heavy atom. The third-order valence-electron chi connectivity index (χ3n) is 4.30. The van der Waals surface area contributed by atoms with Gasteiger partial charge < -0.3 is 5.73 Å². The van der Waals surface area contributed by atoms with Crippen LogP contribution in [0.4, 0.5) is 5.69 Å². The van der Waals surface area contributed by atoms with E-state index in [1.54, 1.807) is 12.1 Å². The van der Waals surface area contributed by atoms with Crippen molar-refractivity contribution >= 4 is 31.6 Å². The van der Waals surface area contributed by atoms with E-state index < -0.39 is 10.0 Å². The summed E-state index contributed by atoms with van der Waals surface area (Å²) in [6, 6.07) is 4.84. The molecule has 3 N–H and O–H groups in total. The number of nitrogens with two attached hydrogens (primary N) is 1. The second-order valence-corrected chi connectivity index (χ2v) is 8.06. The summed E-state index contributed by atoms with van der Waals surface area (Å²) < 4.78 is 28.4. The fourth-order valence-electron chi connectivity index (χ4n) is 2.98. The molecule has 112 valence electrons. The average molecular weight is 361 g/mol. The zero-order valence-corrected chi connectivity index (χ0v) is 14.2. The van der Waals surface area contributed by atoms with Crippen molar-refractivity contribution in [3.63, 3.8) is 0 Å². The Bertz CT molecular complexity index is 589. The number of benzene rings is 1. The van der Waals surface area contributed by atoms with Gasteiger partial charge in [-0.05, 0) is 58.8 Å². The van der Waals surface area contributed by atoms with Gasteiger partial charge in [0.05, 0.1) is 4.90 Å². The van der Waals surface area contributed by atoms with E-state index in [0.717, 1.165) is 19.3 Å². The van der Waals surface area contributed by atoms with Crippen LogP contribution in [-0.2, 0) is 10.0 Å². The molecule has 3 unspecified atom stereocenters. The van der Waals surface area contributed by atoms with Crippen molar-refractivity contribution in [3.8, 4) is 0 Å². The molecule has 0 amide bonds. The molecule has 0 aliphatic heterocycles. The zero-order chi connectivity index (χ0) is 14.9. The van der Waals surface area contributed by atoms with Crippen molar-refractivity contribution in [2.24, 2.45) is 11.8 Å². The number of sulfonamides is 1. The summed E-state index contributed by atoms with van der Waals surface area (Å²) in [6.45, 7) is 4.29. The van der Waals surface area contributed by atoms with Gasteiger partial charge in [-0.25, -0.2) is 13.1 Å². The van der Waals surface area contributed by atoms with Crippen LogP contribution in [0.15, 0.2) is 27.6 Å². The number of nitrogens with one attached hydrogen (secondary N) is 1. The van der Waals surface area contributed by atoms with Gasteiger partial charge in [0, 0.05) is 16.2 Å². The van der Waals surface area contributed by atoms with E-state index in [9.17, 15) is 8.42 Å². The number of nitrogen functional groups attached to an aromatic ring is 1. The van der Waals surface area contributed by atoms with Gasteiger partial charge in [-0.3, -0.25) is 0 Å². The number of anilines is 1. The lowest BCUT2D eigenvalue weighted by atomic mass is 9.94. The molecule has 0 heterocycles. The summed E-state index contributed by atoms with van der Waals surface area (Å²) in [5.41, 5.74) is 6.13. The molecule has 1 aliphatic carbocycles. The van der Waals surface area contributed by atoms with Crippen LogP contribution in [0.1, 0.15) is 33.1 Å². The van der Waals surface area contributed by atoms with Gasteiger partial charge >= 0.3 is 0 Å². The summed E-state index contributed by atoms with van der Waals surface area (Å²) in [5, 5.41) is 0. The molecule has 6 heteroatoms. The van der Waals surface area contributed by atoms with Gasteiger partial charge in [-0.15, -0.1) is 0 Å². The monoisotopic (exact) mass is 360 g/mol. The minimum atomic E-state index is -3.54. The van der Waals surface area contributed by atoms with E-state index in [1.165, 1.54) is 6.07 Å². The standard InChI is InChI=1S/C14H21BrN2O2S/c1-3-10-4-7-13(9(10)2)17-20(18,19)14-8-11(16)5-6-12(14)15/h5-6,8-10,13,17H,3-4,7,16H2,1-2H3. The van der Waals surface area contributed by atoms with Crippen molar-refractivity contribution in [1.82, 2.24) is 4.72 Å². The molecular weight excluding hydrogens is 340 g/mol. The molecule has 1 aromatic carbocycles. The second-order valence-electron chi connectivity index (χ2n) is 5.52. The highest BCUT2D eigenvalue weighted by Crippen LogP contribution is 2.35. The van der Waals surface area contributed by atoms with Gasteiger partial charge in [-0.2, -0.15) is 0 Å². The van der Waals surface area contributed by atoms with Crippen LogP contribution >= 0.6 is 15.9 Å². The molecule has 1 aromatic rings. The van der Waals surface area contributed by atoms with E-state index >= 15 is 0 Å². The predicted octanol–water partition coefficient (Wildman–Crippen LogP) is 3.13. The number of rotatable bonds is 4. The highest BCUT2D eigenvalue weighted by Gasteiger charge is 2.34. The molecule has 4 nitrogen and oxygen atoms in total. The fraction of sp³-hybridized carbons (Fsp3) is 0.571. The van der Waals surface area contributed by atoms with Crippen LogP contribution in [0.2, 0.25) is 0 Å². The minimum Gasteiger partial charge on any atom is -0.399 e.